The molecule has 0 fully saturated rings. The third-order valence-electron chi connectivity index (χ3n) is 1.53. The predicted molar refractivity (Wildman–Crippen MR) is 50.5 cm³/mol. The SMILES string of the molecule is CCOCOc1ccc(C)nc1N. The summed E-state index contributed by atoms with van der Waals surface area (Å²) in [5.41, 5.74) is 6.49. The van der Waals surface area contributed by atoms with Gasteiger partial charge >= 0.3 is 0 Å². The molecular weight excluding hydrogens is 168 g/mol. The Kier molecular flexibility index (Phi) is 3.52. The van der Waals surface area contributed by atoms with E-state index in [4.69, 9.17) is 15.2 Å². The summed E-state index contributed by atoms with van der Waals surface area (Å²) in [6.45, 7) is 4.62. The molecule has 0 aliphatic heterocycles. The van der Waals surface area contributed by atoms with Crippen LogP contribution in [0.5, 0.6) is 5.75 Å². The number of nitrogens with zero attached hydrogens (tertiary/aromatic N) is 1. The van der Waals surface area contributed by atoms with E-state index >= 15 is 0 Å². The van der Waals surface area contributed by atoms with Gasteiger partial charge in [-0.2, -0.15) is 0 Å². The second-order valence-corrected chi connectivity index (χ2v) is 2.59. The van der Waals surface area contributed by atoms with Crippen LogP contribution in [0.1, 0.15) is 12.6 Å². The smallest absolute Gasteiger partial charge is 0.189 e. The van der Waals surface area contributed by atoms with E-state index < -0.39 is 0 Å². The number of aromatic nitrogens is 1. The second kappa shape index (κ2) is 4.67. The number of hydrogen-bond acceptors (Lipinski definition) is 4. The molecule has 0 unspecified atom stereocenters. The topological polar surface area (TPSA) is 57.4 Å². The molecule has 4 heteroatoms. The van der Waals surface area contributed by atoms with Crippen molar-refractivity contribution < 1.29 is 9.47 Å². The van der Waals surface area contributed by atoms with Gasteiger partial charge in [0.25, 0.3) is 0 Å². The van der Waals surface area contributed by atoms with E-state index in [-0.39, 0.29) is 6.79 Å². The van der Waals surface area contributed by atoms with Crippen molar-refractivity contribution in [2.75, 3.05) is 19.1 Å². The van der Waals surface area contributed by atoms with Crippen molar-refractivity contribution in [3.63, 3.8) is 0 Å². The average Bonchev–Trinajstić information content (AvgIpc) is 2.09. The summed E-state index contributed by atoms with van der Waals surface area (Å²) in [6, 6.07) is 3.63. The molecule has 0 amide bonds. The van der Waals surface area contributed by atoms with E-state index in [1.807, 2.05) is 19.9 Å². The van der Waals surface area contributed by atoms with Gasteiger partial charge in [0, 0.05) is 12.3 Å². The van der Waals surface area contributed by atoms with Gasteiger partial charge in [-0.1, -0.05) is 0 Å². The van der Waals surface area contributed by atoms with E-state index in [2.05, 4.69) is 4.98 Å². The van der Waals surface area contributed by atoms with Crippen LogP contribution in [0, 0.1) is 6.92 Å². The molecule has 1 heterocycles. The summed E-state index contributed by atoms with van der Waals surface area (Å²) < 4.78 is 10.2. The molecule has 0 aromatic carbocycles. The maximum absolute atomic E-state index is 5.61. The minimum atomic E-state index is 0.214. The Balaban J connectivity index is 2.56. The van der Waals surface area contributed by atoms with Crippen LogP contribution in [0.25, 0.3) is 0 Å². The molecule has 13 heavy (non-hydrogen) atoms. The van der Waals surface area contributed by atoms with Crippen LogP contribution in [0.4, 0.5) is 5.82 Å². The van der Waals surface area contributed by atoms with Crippen molar-refractivity contribution in [3.8, 4) is 5.75 Å². The van der Waals surface area contributed by atoms with Crippen molar-refractivity contribution in [2.45, 2.75) is 13.8 Å². The lowest BCUT2D eigenvalue weighted by atomic mass is 10.3. The number of hydrogen-bond donors (Lipinski definition) is 1. The first-order chi connectivity index (χ1) is 6.24. The van der Waals surface area contributed by atoms with Gasteiger partial charge in [0.1, 0.15) is 0 Å². The van der Waals surface area contributed by atoms with Crippen LogP contribution in [0.15, 0.2) is 12.1 Å². The molecule has 0 saturated carbocycles. The van der Waals surface area contributed by atoms with E-state index in [9.17, 15) is 0 Å². The first kappa shape index (κ1) is 9.80. The van der Waals surface area contributed by atoms with Gasteiger partial charge in [0.15, 0.2) is 18.4 Å². The number of aryl methyl sites for hydroxylation is 1. The summed E-state index contributed by atoms with van der Waals surface area (Å²) in [5.74, 6) is 0.971. The minimum absolute atomic E-state index is 0.214. The number of nitrogen functional groups attached to an aromatic ring is 1. The molecule has 1 aromatic rings. The van der Waals surface area contributed by atoms with Gasteiger partial charge in [-0.3, -0.25) is 0 Å². The Morgan fingerprint density at radius 1 is 1.46 bits per heavy atom. The zero-order valence-electron chi connectivity index (χ0n) is 7.91. The highest BCUT2D eigenvalue weighted by Gasteiger charge is 2.00. The van der Waals surface area contributed by atoms with Crippen LogP contribution >= 0.6 is 0 Å². The lowest BCUT2D eigenvalue weighted by molar-refractivity contribution is 0.0227. The van der Waals surface area contributed by atoms with E-state index in [1.165, 1.54) is 0 Å². The number of ether oxygens (including phenoxy) is 2. The largest absolute Gasteiger partial charge is 0.464 e. The van der Waals surface area contributed by atoms with E-state index in [0.29, 0.717) is 18.2 Å². The molecule has 4 nitrogen and oxygen atoms in total. The standard InChI is InChI=1S/C9H14N2O2/c1-3-12-6-13-8-5-4-7(2)11-9(8)10/h4-5H,3,6H2,1-2H3,(H2,10,11). The molecule has 1 aromatic heterocycles. The quantitative estimate of drug-likeness (QED) is 0.564. The van der Waals surface area contributed by atoms with Crippen molar-refractivity contribution in [3.05, 3.63) is 17.8 Å². The fourth-order valence-electron chi connectivity index (χ4n) is 0.875. The normalized spacial score (nSPS) is 10.0. The zero-order valence-corrected chi connectivity index (χ0v) is 7.91. The van der Waals surface area contributed by atoms with Gasteiger partial charge in [0.2, 0.25) is 0 Å². The number of rotatable bonds is 4. The highest BCUT2D eigenvalue weighted by Crippen LogP contribution is 2.18. The third kappa shape index (κ3) is 2.91. The molecule has 1 rings (SSSR count). The zero-order chi connectivity index (χ0) is 9.68. The molecule has 2 N–H and O–H groups in total. The molecule has 0 aliphatic carbocycles. The van der Waals surface area contributed by atoms with Crippen LogP contribution in [0.2, 0.25) is 0 Å². The number of nitrogens with two attached hydrogens (primary N) is 1. The predicted octanol–water partition coefficient (Wildman–Crippen LogP) is 1.35. The van der Waals surface area contributed by atoms with Crippen LogP contribution in [0.3, 0.4) is 0 Å². The summed E-state index contributed by atoms with van der Waals surface area (Å²) in [5, 5.41) is 0. The van der Waals surface area contributed by atoms with Crippen LogP contribution in [-0.4, -0.2) is 18.4 Å². The Labute approximate surface area is 77.7 Å². The molecular formula is C9H14N2O2. The van der Waals surface area contributed by atoms with E-state index in [0.717, 1.165) is 5.69 Å². The van der Waals surface area contributed by atoms with Crippen LogP contribution in [-0.2, 0) is 4.74 Å². The lowest BCUT2D eigenvalue weighted by Gasteiger charge is -2.07. The number of pyridine rings is 1. The van der Waals surface area contributed by atoms with E-state index in [1.54, 1.807) is 6.07 Å². The molecule has 0 spiro atoms. The average molecular weight is 182 g/mol. The van der Waals surface area contributed by atoms with Crippen molar-refractivity contribution in [1.82, 2.24) is 4.98 Å². The monoisotopic (exact) mass is 182 g/mol. The Hall–Kier alpha value is -1.29. The molecule has 0 bridgehead atoms. The fourth-order valence-corrected chi connectivity index (χ4v) is 0.875. The fraction of sp³-hybridized carbons (Fsp3) is 0.444. The highest BCUT2D eigenvalue weighted by atomic mass is 16.7. The van der Waals surface area contributed by atoms with Gasteiger partial charge in [-0.25, -0.2) is 4.98 Å². The molecule has 72 valence electrons. The minimum Gasteiger partial charge on any atom is -0.464 e. The van der Waals surface area contributed by atoms with Crippen molar-refractivity contribution in [2.24, 2.45) is 0 Å². The van der Waals surface area contributed by atoms with Crippen LogP contribution < -0.4 is 10.5 Å². The van der Waals surface area contributed by atoms with Gasteiger partial charge in [-0.15, -0.1) is 0 Å². The molecule has 0 aliphatic rings. The molecule has 0 atom stereocenters. The first-order valence-electron chi connectivity index (χ1n) is 4.17. The van der Waals surface area contributed by atoms with Crippen molar-refractivity contribution in [1.29, 1.82) is 0 Å². The summed E-state index contributed by atoms with van der Waals surface area (Å²) in [7, 11) is 0. The Bertz CT molecular complexity index is 276. The summed E-state index contributed by atoms with van der Waals surface area (Å²) >= 11 is 0. The third-order valence-corrected chi connectivity index (χ3v) is 1.53. The maximum atomic E-state index is 5.61. The Morgan fingerprint density at radius 3 is 2.85 bits per heavy atom. The van der Waals surface area contributed by atoms with Gasteiger partial charge in [-0.05, 0) is 26.0 Å². The van der Waals surface area contributed by atoms with Crippen molar-refractivity contribution >= 4 is 5.82 Å². The molecule has 0 radical (unpaired) electrons. The van der Waals surface area contributed by atoms with Gasteiger partial charge < -0.3 is 15.2 Å². The second-order valence-electron chi connectivity index (χ2n) is 2.59. The Morgan fingerprint density at radius 2 is 2.23 bits per heavy atom. The maximum Gasteiger partial charge on any atom is 0.189 e. The van der Waals surface area contributed by atoms with Gasteiger partial charge in [0.05, 0.1) is 0 Å². The summed E-state index contributed by atoms with van der Waals surface area (Å²) in [6.07, 6.45) is 0. The lowest BCUT2D eigenvalue weighted by Crippen LogP contribution is -2.05. The number of anilines is 1. The first-order valence-corrected chi connectivity index (χ1v) is 4.17. The molecule has 0 saturated heterocycles. The summed E-state index contributed by atoms with van der Waals surface area (Å²) in [4.78, 5) is 4.05. The highest BCUT2D eigenvalue weighted by molar-refractivity contribution is 5.45.